The first-order chi connectivity index (χ1) is 18.5. The molecule has 39 heavy (non-hydrogen) atoms. The number of amidine groups is 1. The quantitative estimate of drug-likeness (QED) is 0.405. The van der Waals surface area contributed by atoms with Crippen LogP contribution in [0.1, 0.15) is 36.5 Å². The van der Waals surface area contributed by atoms with Crippen LogP contribution < -0.4 is 9.92 Å². The molecule has 0 aromatic heterocycles. The van der Waals surface area contributed by atoms with Crippen molar-refractivity contribution in [1.29, 1.82) is 0 Å². The summed E-state index contributed by atoms with van der Waals surface area (Å²) in [5.41, 5.74) is 6.76. The summed E-state index contributed by atoms with van der Waals surface area (Å²) in [5.74, 6) is 0.953. The number of guanidine groups is 1. The summed E-state index contributed by atoms with van der Waals surface area (Å²) in [5, 5.41) is 0. The van der Waals surface area contributed by atoms with E-state index in [-0.39, 0.29) is 17.5 Å². The molecule has 0 spiro atoms. The van der Waals surface area contributed by atoms with E-state index in [4.69, 9.17) is 19.9 Å². The van der Waals surface area contributed by atoms with Crippen LogP contribution in [-0.4, -0.2) is 44.0 Å². The van der Waals surface area contributed by atoms with Crippen molar-refractivity contribution in [2.45, 2.75) is 31.5 Å². The Morgan fingerprint density at radius 2 is 1.69 bits per heavy atom. The lowest BCUT2D eigenvalue weighted by atomic mass is 9.81. The molecule has 0 aliphatic carbocycles. The predicted molar refractivity (Wildman–Crippen MR) is 144 cm³/mol. The highest BCUT2D eigenvalue weighted by atomic mass is 32.2. The second-order valence-electron chi connectivity index (χ2n) is 9.42. The van der Waals surface area contributed by atoms with Gasteiger partial charge in [0.25, 0.3) is 0 Å². The van der Waals surface area contributed by atoms with E-state index in [1.54, 1.807) is 55.5 Å². The fourth-order valence-corrected chi connectivity index (χ4v) is 5.95. The molecule has 2 N–H and O–H groups in total. The molecule has 7 nitrogen and oxygen atoms in total. The highest BCUT2D eigenvalue weighted by Crippen LogP contribution is 2.43. The Kier molecular flexibility index (Phi) is 6.88. The van der Waals surface area contributed by atoms with E-state index < -0.39 is 27.4 Å². The van der Waals surface area contributed by atoms with Crippen LogP contribution in [0.25, 0.3) is 11.1 Å². The molecule has 1 atom stereocenters. The normalized spacial score (nSPS) is 19.3. The molecule has 0 radical (unpaired) electrons. The molecule has 3 aromatic carbocycles. The molecule has 0 amide bonds. The van der Waals surface area contributed by atoms with Crippen LogP contribution in [0.2, 0.25) is 0 Å². The molecular formula is C28H27F3N4O3S. The first-order valence-electron chi connectivity index (χ1n) is 12.5. The number of nitrogens with zero attached hydrogens (tertiary/aromatic N) is 3. The molecule has 2 heterocycles. The maximum Gasteiger partial charge on any atom is 0.416 e. The van der Waals surface area contributed by atoms with E-state index in [0.717, 1.165) is 18.6 Å². The summed E-state index contributed by atoms with van der Waals surface area (Å²) in [6.45, 7) is 2.94. The van der Waals surface area contributed by atoms with Crippen molar-refractivity contribution < 1.29 is 25.8 Å². The third kappa shape index (κ3) is 5.10. The van der Waals surface area contributed by atoms with Gasteiger partial charge < -0.3 is 9.92 Å². The summed E-state index contributed by atoms with van der Waals surface area (Å²) >= 11 is 0. The van der Waals surface area contributed by atoms with Gasteiger partial charge in [0, 0.05) is 13.1 Å². The van der Waals surface area contributed by atoms with Crippen LogP contribution in [0, 0.1) is 0 Å². The van der Waals surface area contributed by atoms with Gasteiger partial charge in [0.1, 0.15) is 11.6 Å². The van der Waals surface area contributed by atoms with Crippen LogP contribution in [0.4, 0.5) is 13.2 Å². The van der Waals surface area contributed by atoms with Gasteiger partial charge in [-0.05, 0) is 65.4 Å². The summed E-state index contributed by atoms with van der Waals surface area (Å²) in [6, 6.07) is 18.8. The first-order valence-corrected chi connectivity index (χ1v) is 14.1. The lowest BCUT2D eigenvalue weighted by Gasteiger charge is -2.33. The first kappa shape index (κ1) is 26.7. The fraction of sp³-hybridized carbons (Fsp3) is 0.286. The standard InChI is InChI=1S/C28H27F3N4O3S/c1-2-16-39(36,37)38-24-12-10-21(11-13-24)27(25-33-14-5-15-35(25)26(32)34-27)22-8-3-6-19(17-22)20-7-4-9-23(18-20)28(29,30)31/h3-4,6-13,17-18H,2,5,14-16H2,1H3,(H2,32,34). The maximum absolute atomic E-state index is 13.4. The summed E-state index contributed by atoms with van der Waals surface area (Å²) < 4.78 is 69.7. The number of rotatable bonds is 7. The van der Waals surface area contributed by atoms with E-state index in [0.29, 0.717) is 47.6 Å². The lowest BCUT2D eigenvalue weighted by molar-refractivity contribution is -0.137. The average molecular weight is 557 g/mol. The van der Waals surface area contributed by atoms with E-state index >= 15 is 0 Å². The van der Waals surface area contributed by atoms with Crippen molar-refractivity contribution in [2.24, 2.45) is 15.7 Å². The number of aliphatic imine (C=N–C) groups is 2. The fourth-order valence-electron chi connectivity index (χ4n) is 4.96. The molecule has 0 saturated carbocycles. The minimum Gasteiger partial charge on any atom is -0.382 e. The third-order valence-corrected chi connectivity index (χ3v) is 8.05. The Morgan fingerprint density at radius 1 is 1.00 bits per heavy atom. The van der Waals surface area contributed by atoms with Gasteiger partial charge in [-0.1, -0.05) is 49.4 Å². The maximum atomic E-state index is 13.4. The Bertz CT molecular complexity index is 1550. The van der Waals surface area contributed by atoms with Crippen molar-refractivity contribution in [2.75, 3.05) is 18.8 Å². The largest absolute Gasteiger partial charge is 0.416 e. The van der Waals surface area contributed by atoms with Gasteiger partial charge >= 0.3 is 16.3 Å². The Labute approximate surface area is 225 Å². The molecule has 0 fully saturated rings. The number of hydrogen-bond acceptors (Lipinski definition) is 7. The molecule has 3 aromatic rings. The lowest BCUT2D eigenvalue weighted by Crippen LogP contribution is -2.46. The predicted octanol–water partition coefficient (Wildman–Crippen LogP) is 5.17. The van der Waals surface area contributed by atoms with Crippen LogP contribution in [0.3, 0.4) is 0 Å². The minimum atomic E-state index is -4.47. The molecule has 2 aliphatic rings. The molecule has 0 saturated heterocycles. The van der Waals surface area contributed by atoms with Crippen LogP contribution in [0.15, 0.2) is 82.8 Å². The van der Waals surface area contributed by atoms with E-state index in [1.807, 2.05) is 11.0 Å². The monoisotopic (exact) mass is 556 g/mol. The number of fused-ring (bicyclic) bond motifs is 1. The van der Waals surface area contributed by atoms with E-state index in [2.05, 4.69) is 0 Å². The third-order valence-electron chi connectivity index (χ3n) is 6.69. The van der Waals surface area contributed by atoms with Gasteiger partial charge in [0.15, 0.2) is 11.5 Å². The Morgan fingerprint density at radius 3 is 2.38 bits per heavy atom. The van der Waals surface area contributed by atoms with E-state index in [9.17, 15) is 21.6 Å². The second kappa shape index (κ2) is 10.0. The van der Waals surface area contributed by atoms with Crippen molar-refractivity contribution in [3.05, 3.63) is 89.5 Å². The number of nitrogens with two attached hydrogens (primary N) is 1. The zero-order valence-corrected chi connectivity index (χ0v) is 22.0. The highest BCUT2D eigenvalue weighted by molar-refractivity contribution is 7.87. The van der Waals surface area contributed by atoms with Crippen molar-refractivity contribution >= 4 is 21.9 Å². The summed E-state index contributed by atoms with van der Waals surface area (Å²) in [7, 11) is -3.72. The molecule has 0 bridgehead atoms. The van der Waals surface area contributed by atoms with Gasteiger partial charge in [-0.3, -0.25) is 9.89 Å². The SMILES string of the molecule is CCCS(=O)(=O)Oc1ccc(C2(c3cccc(-c4cccc(C(F)(F)F)c4)c3)N=C(N)N3CCCN=C32)cc1. The average Bonchev–Trinajstić information content (AvgIpc) is 3.22. The van der Waals surface area contributed by atoms with Crippen LogP contribution in [-0.2, 0) is 21.8 Å². The zero-order chi connectivity index (χ0) is 27.8. The number of halogens is 3. The smallest absolute Gasteiger partial charge is 0.382 e. The number of alkyl halides is 3. The Hall–Kier alpha value is -3.86. The molecule has 2 aliphatic heterocycles. The van der Waals surface area contributed by atoms with Gasteiger partial charge in [-0.2, -0.15) is 21.6 Å². The van der Waals surface area contributed by atoms with Crippen LogP contribution >= 0.6 is 0 Å². The van der Waals surface area contributed by atoms with Gasteiger partial charge in [-0.15, -0.1) is 0 Å². The second-order valence-corrected chi connectivity index (χ2v) is 11.1. The van der Waals surface area contributed by atoms with Crippen molar-refractivity contribution in [1.82, 2.24) is 4.90 Å². The van der Waals surface area contributed by atoms with Crippen LogP contribution in [0.5, 0.6) is 5.75 Å². The van der Waals surface area contributed by atoms with Crippen molar-refractivity contribution in [3.63, 3.8) is 0 Å². The van der Waals surface area contributed by atoms with Crippen molar-refractivity contribution in [3.8, 4) is 16.9 Å². The van der Waals surface area contributed by atoms with Gasteiger partial charge in [0.2, 0.25) is 0 Å². The molecule has 204 valence electrons. The topological polar surface area (TPSA) is 97.3 Å². The van der Waals surface area contributed by atoms with Gasteiger partial charge in [-0.25, -0.2) is 4.99 Å². The zero-order valence-electron chi connectivity index (χ0n) is 21.1. The number of benzene rings is 3. The van der Waals surface area contributed by atoms with E-state index in [1.165, 1.54) is 6.07 Å². The minimum absolute atomic E-state index is 0.104. The Balaban J connectivity index is 1.63. The summed E-state index contributed by atoms with van der Waals surface area (Å²) in [4.78, 5) is 11.5. The van der Waals surface area contributed by atoms with Gasteiger partial charge in [0.05, 0.1) is 11.3 Å². The summed E-state index contributed by atoms with van der Waals surface area (Å²) in [6.07, 6.45) is -3.25. The molecule has 1 unspecified atom stereocenters. The number of hydrogen-bond donors (Lipinski definition) is 1. The molecule has 5 rings (SSSR count). The molecular weight excluding hydrogens is 529 g/mol. The highest BCUT2D eigenvalue weighted by Gasteiger charge is 2.49. The molecule has 11 heteroatoms.